The maximum atomic E-state index is 12.7. The topological polar surface area (TPSA) is 115 Å². The van der Waals surface area contributed by atoms with Gasteiger partial charge in [0.25, 0.3) is 10.0 Å². The lowest BCUT2D eigenvalue weighted by Crippen LogP contribution is -2.13. The fraction of sp³-hybridized carbons (Fsp3) is 0.158. The molecular formula is C19H19N3O5S2. The summed E-state index contributed by atoms with van der Waals surface area (Å²) in [5.41, 5.74) is 2.04. The van der Waals surface area contributed by atoms with Gasteiger partial charge in [-0.2, -0.15) is 0 Å². The number of nitrogens with zero attached hydrogens (tertiary/aromatic N) is 2. The summed E-state index contributed by atoms with van der Waals surface area (Å²) in [6, 6.07) is 14.1. The standard InChI is InChI=1S/C19H19N3O5S2/c1-13-11-16(7-9-18(13)27-2)29(25,26)22-15-6-4-5-14(12-15)17-8-10-19(21-20-17)28(3,23)24/h4-12,22H,1-3H3. The zero-order valence-corrected chi connectivity index (χ0v) is 17.6. The summed E-state index contributed by atoms with van der Waals surface area (Å²) >= 11 is 0. The molecule has 10 heteroatoms. The Balaban J connectivity index is 1.89. The monoisotopic (exact) mass is 433 g/mol. The van der Waals surface area contributed by atoms with E-state index in [-0.39, 0.29) is 9.92 Å². The van der Waals surface area contributed by atoms with Crippen LogP contribution in [-0.4, -0.2) is 40.4 Å². The van der Waals surface area contributed by atoms with Crippen molar-refractivity contribution in [3.05, 3.63) is 60.2 Å². The van der Waals surface area contributed by atoms with Gasteiger partial charge in [0.15, 0.2) is 14.9 Å². The number of ether oxygens (including phenoxy) is 1. The normalized spacial score (nSPS) is 11.8. The molecule has 0 aliphatic heterocycles. The summed E-state index contributed by atoms with van der Waals surface area (Å²) in [6.45, 7) is 1.76. The van der Waals surface area contributed by atoms with Crippen LogP contribution in [0, 0.1) is 6.92 Å². The lowest BCUT2D eigenvalue weighted by atomic mass is 10.1. The molecule has 0 amide bonds. The first kappa shape index (κ1) is 20.7. The number of aryl methyl sites for hydroxylation is 1. The highest BCUT2D eigenvalue weighted by molar-refractivity contribution is 7.92. The molecule has 0 fully saturated rings. The molecule has 0 unspecified atom stereocenters. The predicted octanol–water partition coefficient (Wildman–Crippen LogP) is 2.66. The molecule has 3 aromatic rings. The molecule has 0 saturated heterocycles. The summed E-state index contributed by atoms with van der Waals surface area (Å²) in [5, 5.41) is 7.51. The molecule has 0 saturated carbocycles. The van der Waals surface area contributed by atoms with Crippen molar-refractivity contribution in [3.63, 3.8) is 0 Å². The number of aromatic nitrogens is 2. The number of anilines is 1. The van der Waals surface area contributed by atoms with Gasteiger partial charge in [-0.25, -0.2) is 16.8 Å². The number of methoxy groups -OCH3 is 1. The Morgan fingerprint density at radius 2 is 1.69 bits per heavy atom. The number of sulfonamides is 1. The van der Waals surface area contributed by atoms with Gasteiger partial charge >= 0.3 is 0 Å². The van der Waals surface area contributed by atoms with Crippen molar-refractivity contribution in [1.82, 2.24) is 10.2 Å². The third kappa shape index (κ3) is 4.72. The molecule has 29 heavy (non-hydrogen) atoms. The second kappa shape index (κ2) is 7.80. The SMILES string of the molecule is COc1ccc(S(=O)(=O)Nc2cccc(-c3ccc(S(C)(=O)=O)nn3)c2)cc1C. The molecule has 0 spiro atoms. The predicted molar refractivity (Wildman–Crippen MR) is 109 cm³/mol. The third-order valence-corrected chi connectivity index (χ3v) is 6.46. The van der Waals surface area contributed by atoms with Gasteiger partial charge in [0, 0.05) is 17.5 Å². The summed E-state index contributed by atoms with van der Waals surface area (Å²) in [7, 11) is -5.73. The first-order chi connectivity index (χ1) is 13.6. The summed E-state index contributed by atoms with van der Waals surface area (Å²) in [5.74, 6) is 0.599. The summed E-state index contributed by atoms with van der Waals surface area (Å²) in [6.07, 6.45) is 1.05. The van der Waals surface area contributed by atoms with Crippen LogP contribution in [0.25, 0.3) is 11.3 Å². The van der Waals surface area contributed by atoms with Crippen LogP contribution < -0.4 is 9.46 Å². The van der Waals surface area contributed by atoms with E-state index in [4.69, 9.17) is 4.74 Å². The number of hydrogen-bond donors (Lipinski definition) is 1. The second-order valence-corrected chi connectivity index (χ2v) is 9.99. The highest BCUT2D eigenvalue weighted by Gasteiger charge is 2.16. The Hall–Kier alpha value is -2.98. The molecule has 152 valence electrons. The Morgan fingerprint density at radius 3 is 2.28 bits per heavy atom. The van der Waals surface area contributed by atoms with Gasteiger partial charge < -0.3 is 4.74 Å². The van der Waals surface area contributed by atoms with Crippen molar-refractivity contribution in [3.8, 4) is 17.0 Å². The van der Waals surface area contributed by atoms with Gasteiger partial charge in [-0.1, -0.05) is 12.1 Å². The van der Waals surface area contributed by atoms with E-state index in [0.29, 0.717) is 28.3 Å². The van der Waals surface area contributed by atoms with E-state index in [1.165, 1.54) is 31.4 Å². The van der Waals surface area contributed by atoms with Gasteiger partial charge in [0.1, 0.15) is 5.75 Å². The molecule has 2 aromatic carbocycles. The van der Waals surface area contributed by atoms with Gasteiger partial charge in [0.2, 0.25) is 0 Å². The number of rotatable bonds is 6. The van der Waals surface area contributed by atoms with Gasteiger partial charge in [-0.3, -0.25) is 4.72 Å². The summed E-state index contributed by atoms with van der Waals surface area (Å²) in [4.78, 5) is 0.110. The highest BCUT2D eigenvalue weighted by Crippen LogP contribution is 2.25. The first-order valence-corrected chi connectivity index (χ1v) is 11.8. The van der Waals surface area contributed by atoms with Crippen molar-refractivity contribution >= 4 is 25.5 Å². The molecule has 3 rings (SSSR count). The molecule has 0 aliphatic rings. The third-order valence-electron chi connectivity index (χ3n) is 4.11. The van der Waals surface area contributed by atoms with E-state index in [9.17, 15) is 16.8 Å². The fourth-order valence-electron chi connectivity index (χ4n) is 2.65. The minimum absolute atomic E-state index is 0.110. The van der Waals surface area contributed by atoms with Crippen molar-refractivity contribution in [2.45, 2.75) is 16.8 Å². The molecule has 8 nitrogen and oxygen atoms in total. The molecule has 0 radical (unpaired) electrons. The van der Waals surface area contributed by atoms with E-state index in [1.54, 1.807) is 37.3 Å². The molecular weight excluding hydrogens is 414 g/mol. The number of benzene rings is 2. The molecule has 0 atom stereocenters. The Bertz CT molecular complexity index is 1260. The van der Waals surface area contributed by atoms with Crippen LogP contribution in [0.3, 0.4) is 0 Å². The van der Waals surface area contributed by atoms with Crippen LogP contribution in [-0.2, 0) is 19.9 Å². The van der Waals surface area contributed by atoms with E-state index >= 15 is 0 Å². The van der Waals surface area contributed by atoms with Crippen LogP contribution in [0.4, 0.5) is 5.69 Å². The van der Waals surface area contributed by atoms with Crippen LogP contribution in [0.1, 0.15) is 5.56 Å². The molecule has 0 bridgehead atoms. The minimum atomic E-state index is -3.81. The summed E-state index contributed by atoms with van der Waals surface area (Å²) < 4.78 is 56.1. The molecule has 0 aliphatic carbocycles. The van der Waals surface area contributed by atoms with Gasteiger partial charge in [-0.15, -0.1) is 10.2 Å². The average molecular weight is 434 g/mol. The second-order valence-electron chi connectivity index (χ2n) is 6.35. The van der Waals surface area contributed by atoms with E-state index in [2.05, 4.69) is 14.9 Å². The zero-order chi connectivity index (χ0) is 21.2. The number of hydrogen-bond acceptors (Lipinski definition) is 7. The largest absolute Gasteiger partial charge is 0.496 e. The highest BCUT2D eigenvalue weighted by atomic mass is 32.2. The quantitative estimate of drug-likeness (QED) is 0.635. The van der Waals surface area contributed by atoms with Crippen LogP contribution >= 0.6 is 0 Å². The number of sulfone groups is 1. The van der Waals surface area contributed by atoms with Crippen molar-refractivity contribution < 1.29 is 21.6 Å². The molecule has 1 N–H and O–H groups in total. The van der Waals surface area contributed by atoms with E-state index in [0.717, 1.165) is 6.26 Å². The lowest BCUT2D eigenvalue weighted by molar-refractivity contribution is 0.411. The van der Waals surface area contributed by atoms with Crippen molar-refractivity contribution in [1.29, 1.82) is 0 Å². The Labute approximate surface area is 169 Å². The van der Waals surface area contributed by atoms with Crippen LogP contribution in [0.15, 0.2) is 64.5 Å². The van der Waals surface area contributed by atoms with Crippen LogP contribution in [0.5, 0.6) is 5.75 Å². The maximum Gasteiger partial charge on any atom is 0.261 e. The van der Waals surface area contributed by atoms with E-state index < -0.39 is 19.9 Å². The lowest BCUT2D eigenvalue weighted by Gasteiger charge is -2.11. The smallest absolute Gasteiger partial charge is 0.261 e. The molecule has 1 aromatic heterocycles. The van der Waals surface area contributed by atoms with Crippen LogP contribution in [0.2, 0.25) is 0 Å². The Morgan fingerprint density at radius 1 is 0.931 bits per heavy atom. The fourth-order valence-corrected chi connectivity index (χ4v) is 4.28. The zero-order valence-electron chi connectivity index (χ0n) is 15.9. The van der Waals surface area contributed by atoms with Gasteiger partial charge in [0.05, 0.1) is 17.7 Å². The molecule has 1 heterocycles. The average Bonchev–Trinajstić information content (AvgIpc) is 2.67. The first-order valence-electron chi connectivity index (χ1n) is 8.42. The number of nitrogens with one attached hydrogen (secondary N) is 1. The van der Waals surface area contributed by atoms with E-state index in [1.807, 2.05) is 0 Å². The van der Waals surface area contributed by atoms with Gasteiger partial charge in [-0.05, 0) is 55.0 Å². The maximum absolute atomic E-state index is 12.7. The van der Waals surface area contributed by atoms with Crippen molar-refractivity contribution in [2.75, 3.05) is 18.1 Å². The minimum Gasteiger partial charge on any atom is -0.496 e. The van der Waals surface area contributed by atoms with Crippen molar-refractivity contribution in [2.24, 2.45) is 0 Å². The Kier molecular flexibility index (Phi) is 5.58.